The normalized spacial score (nSPS) is 21.4. The zero-order valence-corrected chi connectivity index (χ0v) is 16.5. The number of carbonyl (C=O) groups excluding carboxylic acids is 2. The van der Waals surface area contributed by atoms with Crippen molar-refractivity contribution in [2.45, 2.75) is 37.6 Å². The van der Waals surface area contributed by atoms with E-state index in [4.69, 9.17) is 5.26 Å². The molecule has 0 radical (unpaired) electrons. The van der Waals surface area contributed by atoms with Crippen molar-refractivity contribution in [3.05, 3.63) is 71.3 Å². The van der Waals surface area contributed by atoms with Crippen LogP contribution in [-0.4, -0.2) is 46.8 Å². The Kier molecular flexibility index (Phi) is 5.35. The third-order valence-corrected chi connectivity index (χ3v) is 6.21. The van der Waals surface area contributed by atoms with Gasteiger partial charge in [-0.25, -0.2) is 0 Å². The Bertz CT molecular complexity index is 933. The highest BCUT2D eigenvalue weighted by atomic mass is 16.2. The molecule has 0 aliphatic carbocycles. The third-order valence-electron chi connectivity index (χ3n) is 6.21. The Morgan fingerprint density at radius 2 is 1.69 bits per heavy atom. The average Bonchev–Trinajstić information content (AvgIpc) is 3.19. The van der Waals surface area contributed by atoms with Gasteiger partial charge in [-0.1, -0.05) is 30.3 Å². The highest BCUT2D eigenvalue weighted by Gasteiger charge is 2.52. The van der Waals surface area contributed by atoms with Crippen LogP contribution in [0.5, 0.6) is 0 Å². The van der Waals surface area contributed by atoms with E-state index >= 15 is 0 Å². The van der Waals surface area contributed by atoms with Crippen molar-refractivity contribution in [3.63, 3.8) is 0 Å². The smallest absolute Gasteiger partial charge is 0.254 e. The lowest BCUT2D eigenvalue weighted by atomic mass is 9.84. The molecule has 2 fully saturated rings. The summed E-state index contributed by atoms with van der Waals surface area (Å²) >= 11 is 0. The van der Waals surface area contributed by atoms with Crippen molar-refractivity contribution in [1.29, 1.82) is 5.26 Å². The van der Waals surface area contributed by atoms with Gasteiger partial charge in [0.15, 0.2) is 0 Å². The number of carbonyl (C=O) groups is 2. The molecule has 2 heterocycles. The average molecular weight is 387 g/mol. The maximum Gasteiger partial charge on any atom is 0.254 e. The van der Waals surface area contributed by atoms with Crippen LogP contribution in [0.4, 0.5) is 0 Å². The van der Waals surface area contributed by atoms with Gasteiger partial charge >= 0.3 is 0 Å². The summed E-state index contributed by atoms with van der Waals surface area (Å²) in [6.45, 7) is 2.05. The van der Waals surface area contributed by atoms with Gasteiger partial charge in [-0.05, 0) is 61.9 Å². The number of hydrogen-bond acceptors (Lipinski definition) is 3. The van der Waals surface area contributed by atoms with Crippen LogP contribution in [0.3, 0.4) is 0 Å². The number of piperidine rings is 1. The molecule has 1 unspecified atom stereocenters. The summed E-state index contributed by atoms with van der Waals surface area (Å²) in [6.07, 6.45) is 4.05. The highest BCUT2D eigenvalue weighted by molar-refractivity contribution is 6.00. The highest BCUT2D eigenvalue weighted by Crippen LogP contribution is 2.39. The minimum Gasteiger partial charge on any atom is -0.340 e. The molecule has 2 aliphatic heterocycles. The minimum atomic E-state index is -0.708. The van der Waals surface area contributed by atoms with Crippen LogP contribution < -0.4 is 0 Å². The molecule has 2 aliphatic rings. The van der Waals surface area contributed by atoms with Gasteiger partial charge in [-0.15, -0.1) is 0 Å². The van der Waals surface area contributed by atoms with Gasteiger partial charge in [0.05, 0.1) is 11.6 Å². The number of rotatable bonds is 4. The Hall–Kier alpha value is -3.13. The van der Waals surface area contributed by atoms with Crippen molar-refractivity contribution >= 4 is 11.8 Å². The summed E-state index contributed by atoms with van der Waals surface area (Å²) in [7, 11) is 0. The van der Waals surface area contributed by atoms with Crippen LogP contribution >= 0.6 is 0 Å². The summed E-state index contributed by atoms with van der Waals surface area (Å²) in [5, 5.41) is 8.98. The summed E-state index contributed by atoms with van der Waals surface area (Å²) < 4.78 is 0. The molecule has 0 bridgehead atoms. The molecule has 0 N–H and O–H groups in total. The van der Waals surface area contributed by atoms with Gasteiger partial charge in [-0.3, -0.25) is 9.59 Å². The molecule has 0 saturated carbocycles. The van der Waals surface area contributed by atoms with Crippen molar-refractivity contribution in [3.8, 4) is 6.07 Å². The number of nitriles is 1. The number of amides is 2. The monoisotopic (exact) mass is 387 g/mol. The zero-order valence-electron chi connectivity index (χ0n) is 16.5. The molecule has 148 valence electrons. The zero-order chi connectivity index (χ0) is 20.3. The second-order valence-electron chi connectivity index (χ2n) is 7.91. The lowest BCUT2D eigenvalue weighted by molar-refractivity contribution is -0.145. The molecule has 2 amide bonds. The molecule has 4 rings (SSSR count). The Labute approximate surface area is 171 Å². The van der Waals surface area contributed by atoms with E-state index in [9.17, 15) is 9.59 Å². The fourth-order valence-corrected chi connectivity index (χ4v) is 4.69. The second kappa shape index (κ2) is 8.08. The fourth-order valence-electron chi connectivity index (χ4n) is 4.69. The lowest BCUT2D eigenvalue weighted by Crippen LogP contribution is -2.61. The van der Waals surface area contributed by atoms with E-state index in [1.54, 1.807) is 29.2 Å². The Morgan fingerprint density at radius 1 is 1.00 bits per heavy atom. The molecule has 2 saturated heterocycles. The first-order valence-corrected chi connectivity index (χ1v) is 10.3. The van der Waals surface area contributed by atoms with Gasteiger partial charge in [0.1, 0.15) is 5.54 Å². The summed E-state index contributed by atoms with van der Waals surface area (Å²) in [4.78, 5) is 30.5. The van der Waals surface area contributed by atoms with Crippen molar-refractivity contribution < 1.29 is 9.59 Å². The Morgan fingerprint density at radius 3 is 2.38 bits per heavy atom. The van der Waals surface area contributed by atoms with Crippen molar-refractivity contribution in [1.82, 2.24) is 9.80 Å². The summed E-state index contributed by atoms with van der Waals surface area (Å²) in [5.41, 5.74) is 1.58. The van der Waals surface area contributed by atoms with E-state index in [0.29, 0.717) is 24.2 Å². The number of benzene rings is 2. The quantitative estimate of drug-likeness (QED) is 0.808. The van der Waals surface area contributed by atoms with E-state index in [0.717, 1.165) is 38.6 Å². The molecule has 0 aromatic heterocycles. The van der Waals surface area contributed by atoms with Crippen molar-refractivity contribution in [2.24, 2.45) is 0 Å². The van der Waals surface area contributed by atoms with Crippen LogP contribution in [0.2, 0.25) is 0 Å². The number of hydrogen-bond donors (Lipinski definition) is 0. The van der Waals surface area contributed by atoms with E-state index in [-0.39, 0.29) is 11.8 Å². The van der Waals surface area contributed by atoms with E-state index in [2.05, 4.69) is 18.2 Å². The van der Waals surface area contributed by atoms with Crippen molar-refractivity contribution in [2.75, 3.05) is 19.6 Å². The van der Waals surface area contributed by atoms with Gasteiger partial charge < -0.3 is 9.80 Å². The van der Waals surface area contributed by atoms with Crippen LogP contribution in [0.1, 0.15) is 47.2 Å². The van der Waals surface area contributed by atoms with Crippen LogP contribution in [0.15, 0.2) is 54.6 Å². The maximum atomic E-state index is 13.5. The van der Waals surface area contributed by atoms with E-state index in [1.807, 2.05) is 23.1 Å². The molecule has 5 nitrogen and oxygen atoms in total. The lowest BCUT2D eigenvalue weighted by Gasteiger charge is -2.44. The predicted molar refractivity (Wildman–Crippen MR) is 110 cm³/mol. The fraction of sp³-hybridized carbons (Fsp3) is 0.375. The number of likely N-dealkylation sites (tertiary alicyclic amines) is 2. The van der Waals surface area contributed by atoms with Gasteiger partial charge in [0.25, 0.3) is 5.91 Å². The van der Waals surface area contributed by atoms with Crippen LogP contribution in [0.25, 0.3) is 0 Å². The Balaban J connectivity index is 1.52. The SMILES string of the molecule is N#Cc1ccc(C(=O)N2CCCC23CCCN(CCc2ccccc2)C3=O)cc1. The maximum absolute atomic E-state index is 13.5. The molecule has 5 heteroatoms. The van der Waals surface area contributed by atoms with Crippen LogP contribution in [-0.2, 0) is 11.2 Å². The standard InChI is InChI=1S/C24H25N3O2/c25-18-20-8-10-21(11-9-20)22(28)27-16-5-14-24(27)13-4-15-26(23(24)29)17-12-19-6-2-1-3-7-19/h1-3,6-11H,4-5,12-17H2. The third kappa shape index (κ3) is 3.63. The second-order valence-corrected chi connectivity index (χ2v) is 7.91. The topological polar surface area (TPSA) is 64.4 Å². The van der Waals surface area contributed by atoms with E-state index < -0.39 is 5.54 Å². The van der Waals surface area contributed by atoms with E-state index in [1.165, 1.54) is 5.56 Å². The first-order chi connectivity index (χ1) is 14.1. The van der Waals surface area contributed by atoms with Gasteiger partial charge in [-0.2, -0.15) is 5.26 Å². The van der Waals surface area contributed by atoms with Gasteiger partial charge in [0, 0.05) is 25.2 Å². The molecule has 29 heavy (non-hydrogen) atoms. The first kappa shape index (κ1) is 19.2. The molecule has 2 aromatic carbocycles. The van der Waals surface area contributed by atoms with Crippen LogP contribution in [0, 0.1) is 11.3 Å². The van der Waals surface area contributed by atoms with Gasteiger partial charge in [0.2, 0.25) is 5.91 Å². The first-order valence-electron chi connectivity index (χ1n) is 10.3. The molecular formula is C24H25N3O2. The predicted octanol–water partition coefficient (Wildman–Crippen LogP) is 3.40. The summed E-state index contributed by atoms with van der Waals surface area (Å²) in [6, 6.07) is 19.0. The molecular weight excluding hydrogens is 362 g/mol. The molecule has 1 spiro atoms. The minimum absolute atomic E-state index is 0.0965. The summed E-state index contributed by atoms with van der Waals surface area (Å²) in [5.74, 6) is -0.00979. The number of nitrogens with zero attached hydrogens (tertiary/aromatic N) is 3. The molecule has 2 aromatic rings. The molecule has 1 atom stereocenters. The largest absolute Gasteiger partial charge is 0.340 e.